The van der Waals surface area contributed by atoms with Gasteiger partial charge in [-0.2, -0.15) is 0 Å². The second-order valence-electron chi connectivity index (χ2n) is 9.26. The molecule has 2 aliphatic carbocycles. The van der Waals surface area contributed by atoms with Gasteiger partial charge in [0.25, 0.3) is 11.1 Å². The van der Waals surface area contributed by atoms with Crippen molar-refractivity contribution in [1.29, 1.82) is 0 Å². The number of hydrogen-bond acceptors (Lipinski definition) is 12. The summed E-state index contributed by atoms with van der Waals surface area (Å²) in [5.41, 5.74) is 6.61. The molecule has 0 unspecified atom stereocenters. The summed E-state index contributed by atoms with van der Waals surface area (Å²) in [6.45, 7) is 0. The van der Waals surface area contributed by atoms with E-state index in [0.29, 0.717) is 22.7 Å². The van der Waals surface area contributed by atoms with Crippen LogP contribution < -0.4 is 22.2 Å². The summed E-state index contributed by atoms with van der Waals surface area (Å²) in [6.07, 6.45) is 4.12. The highest BCUT2D eigenvalue weighted by atomic mass is 16.5. The molecule has 6 rings (SSSR count). The number of ether oxygens (including phenoxy) is 2. The molecule has 1 amide bonds. The van der Waals surface area contributed by atoms with Crippen molar-refractivity contribution in [3.63, 3.8) is 0 Å². The molecule has 4 aromatic rings. The number of hydrogen-bond donors (Lipinski definition) is 2. The van der Waals surface area contributed by atoms with Crippen LogP contribution in [0.25, 0.3) is 21.8 Å². The first kappa shape index (κ1) is 26.4. The zero-order valence-corrected chi connectivity index (χ0v) is 21.5. The van der Waals surface area contributed by atoms with Gasteiger partial charge in [-0.15, -0.1) is 10.2 Å². The molecule has 40 heavy (non-hydrogen) atoms. The number of aromatic nitrogens is 6. The van der Waals surface area contributed by atoms with E-state index in [0.717, 1.165) is 25.7 Å². The first-order valence-corrected chi connectivity index (χ1v) is 12.3. The maximum atomic E-state index is 12.3. The van der Waals surface area contributed by atoms with Crippen molar-refractivity contribution in [2.75, 3.05) is 25.3 Å². The second kappa shape index (κ2) is 10.5. The lowest BCUT2D eigenvalue weighted by molar-refractivity contribution is -0.105. The summed E-state index contributed by atoms with van der Waals surface area (Å²) in [7, 11) is 2.50. The van der Waals surface area contributed by atoms with Crippen LogP contribution >= 0.6 is 0 Å². The van der Waals surface area contributed by atoms with E-state index in [-0.39, 0.29) is 51.2 Å². The highest BCUT2D eigenvalue weighted by molar-refractivity contribution is 6.02. The molecule has 2 saturated carbocycles. The predicted octanol–water partition coefficient (Wildman–Crippen LogP) is 0.976. The molecule has 2 fully saturated rings. The maximum Gasteiger partial charge on any atom is 0.340 e. The van der Waals surface area contributed by atoms with Crippen LogP contribution in [0, 0.1) is 0 Å². The fourth-order valence-corrected chi connectivity index (χ4v) is 4.09. The molecule has 2 aromatic heterocycles. The Morgan fingerprint density at radius 2 is 1.32 bits per heavy atom. The average Bonchev–Trinajstić information content (AvgIpc) is 3.88. The van der Waals surface area contributed by atoms with Crippen LogP contribution in [0.3, 0.4) is 0 Å². The van der Waals surface area contributed by atoms with Crippen molar-refractivity contribution < 1.29 is 23.9 Å². The smallest absolute Gasteiger partial charge is 0.340 e. The van der Waals surface area contributed by atoms with Gasteiger partial charge in [-0.05, 0) is 49.9 Å². The molecule has 2 heterocycles. The van der Waals surface area contributed by atoms with Crippen molar-refractivity contribution in [1.82, 2.24) is 30.0 Å². The van der Waals surface area contributed by atoms with Crippen molar-refractivity contribution in [3.8, 4) is 0 Å². The Morgan fingerprint density at radius 3 is 1.80 bits per heavy atom. The van der Waals surface area contributed by atoms with Crippen molar-refractivity contribution >= 4 is 51.5 Å². The number of nitrogens with one attached hydrogen (secondary N) is 1. The summed E-state index contributed by atoms with van der Waals surface area (Å²) in [5, 5.41) is 18.8. The fraction of sp³-hybridized carbons (Fsp3) is 0.320. The Labute approximate surface area is 224 Å². The van der Waals surface area contributed by atoms with E-state index in [4.69, 9.17) is 5.73 Å². The molecule has 206 valence electrons. The molecule has 2 aromatic carbocycles. The maximum absolute atomic E-state index is 12.3. The lowest BCUT2D eigenvalue weighted by Gasteiger charge is -2.09. The van der Waals surface area contributed by atoms with E-state index in [9.17, 15) is 24.0 Å². The molecule has 3 N–H and O–H groups in total. The highest BCUT2D eigenvalue weighted by Gasteiger charge is 2.28. The SMILES string of the molecule is COC(=O)c1cc2nnn(C3CC3)c(=O)c2cc1N.COC(=O)c1cc2nnn(C3CC3)c(=O)c2cc1NC=O. The number of nitrogens with zero attached hydrogens (tertiary/aromatic N) is 6. The monoisotopic (exact) mass is 548 g/mol. The number of rotatable bonds is 6. The fourth-order valence-electron chi connectivity index (χ4n) is 4.09. The zero-order chi connectivity index (χ0) is 28.6. The molecule has 0 bridgehead atoms. The third-order valence-electron chi connectivity index (χ3n) is 6.49. The molecule has 0 radical (unpaired) electrons. The molecule has 0 spiro atoms. The molecule has 0 atom stereocenters. The molecule has 15 heteroatoms. The van der Waals surface area contributed by atoms with Crippen molar-refractivity contribution in [2.24, 2.45) is 0 Å². The quantitative estimate of drug-likeness (QED) is 0.197. The third kappa shape index (κ3) is 4.95. The van der Waals surface area contributed by atoms with Crippen LogP contribution in [-0.2, 0) is 14.3 Å². The first-order valence-electron chi connectivity index (χ1n) is 12.3. The first-order chi connectivity index (χ1) is 19.3. The van der Waals surface area contributed by atoms with Gasteiger partial charge in [-0.1, -0.05) is 10.4 Å². The van der Waals surface area contributed by atoms with Crippen LogP contribution in [0.1, 0.15) is 58.5 Å². The van der Waals surface area contributed by atoms with Crippen molar-refractivity contribution in [3.05, 3.63) is 56.1 Å². The Morgan fingerprint density at radius 1 is 0.850 bits per heavy atom. The lowest BCUT2D eigenvalue weighted by atomic mass is 10.1. The number of esters is 2. The molecule has 15 nitrogen and oxygen atoms in total. The Hall–Kier alpha value is -5.21. The minimum Gasteiger partial charge on any atom is -0.465 e. The van der Waals surface area contributed by atoms with Gasteiger partial charge >= 0.3 is 11.9 Å². The van der Waals surface area contributed by atoms with Gasteiger partial charge in [-0.25, -0.2) is 19.0 Å². The average molecular weight is 549 g/mol. The summed E-state index contributed by atoms with van der Waals surface area (Å²) in [5.74, 6) is -1.19. The van der Waals surface area contributed by atoms with Gasteiger partial charge in [-0.3, -0.25) is 14.4 Å². The van der Waals surface area contributed by atoms with Gasteiger partial charge in [0, 0.05) is 5.69 Å². The van der Waals surface area contributed by atoms with Crippen molar-refractivity contribution in [2.45, 2.75) is 37.8 Å². The number of fused-ring (bicyclic) bond motifs is 2. The van der Waals surface area contributed by atoms with Gasteiger partial charge in [0.15, 0.2) is 0 Å². The largest absolute Gasteiger partial charge is 0.465 e. The Bertz CT molecular complexity index is 1790. The van der Waals surface area contributed by atoms with E-state index in [1.54, 1.807) is 0 Å². The van der Waals surface area contributed by atoms with E-state index >= 15 is 0 Å². The van der Waals surface area contributed by atoms with Crippen LogP contribution in [0.5, 0.6) is 0 Å². The molecular weight excluding hydrogens is 524 g/mol. The van der Waals surface area contributed by atoms with Gasteiger partial charge in [0.1, 0.15) is 11.0 Å². The summed E-state index contributed by atoms with van der Waals surface area (Å²) in [6, 6.07) is 5.94. The molecule has 0 saturated heterocycles. The second-order valence-corrected chi connectivity index (χ2v) is 9.26. The number of benzene rings is 2. The van der Waals surface area contributed by atoms with E-state index in [1.165, 1.54) is 47.8 Å². The molecule has 0 aliphatic heterocycles. The standard InChI is InChI=1S/C13H12N4O4.C12H12N4O3/c1-21-13(20)9-5-11-8(4-10(9)14-6-18)12(19)17(16-15-11)7-2-3-7;1-19-12(18)7-5-10-8(4-9(7)13)11(17)16(15-14-10)6-2-3-6/h4-7H,2-3H2,1H3,(H,14,18);4-6H,2-3,13H2,1H3. The number of anilines is 2. The molecular formula is C25H24N8O7. The Balaban J connectivity index is 0.000000162. The van der Waals surface area contributed by atoms with Gasteiger partial charge < -0.3 is 20.5 Å². The lowest BCUT2D eigenvalue weighted by Crippen LogP contribution is -2.23. The number of methoxy groups -OCH3 is 2. The van der Waals surface area contributed by atoms with Crippen LogP contribution in [0.4, 0.5) is 11.4 Å². The van der Waals surface area contributed by atoms with Crippen LogP contribution in [-0.4, -0.2) is 62.6 Å². The third-order valence-corrected chi connectivity index (χ3v) is 6.49. The summed E-state index contributed by atoms with van der Waals surface area (Å²) >= 11 is 0. The number of carbonyl (C=O) groups excluding carboxylic acids is 3. The number of nitrogens with two attached hydrogens (primary N) is 1. The van der Waals surface area contributed by atoms with E-state index in [1.807, 2.05) is 0 Å². The predicted molar refractivity (Wildman–Crippen MR) is 141 cm³/mol. The molecule has 2 aliphatic rings. The minimum atomic E-state index is -0.630. The summed E-state index contributed by atoms with van der Waals surface area (Å²) < 4.78 is 12.0. The summed E-state index contributed by atoms with van der Waals surface area (Å²) in [4.78, 5) is 58.4. The normalized spacial score (nSPS) is 14.2. The topological polar surface area (TPSA) is 203 Å². The highest BCUT2D eigenvalue weighted by Crippen LogP contribution is 2.33. The number of carbonyl (C=O) groups is 3. The van der Waals surface area contributed by atoms with Gasteiger partial charge in [0.2, 0.25) is 6.41 Å². The van der Waals surface area contributed by atoms with E-state index in [2.05, 4.69) is 35.4 Å². The zero-order valence-electron chi connectivity index (χ0n) is 21.5. The van der Waals surface area contributed by atoms with E-state index < -0.39 is 11.9 Å². The van der Waals surface area contributed by atoms with Crippen LogP contribution in [0.15, 0.2) is 33.9 Å². The van der Waals surface area contributed by atoms with Crippen LogP contribution in [0.2, 0.25) is 0 Å². The minimum absolute atomic E-state index is 0.0946. The Kier molecular flexibility index (Phi) is 6.94. The van der Waals surface area contributed by atoms with Gasteiger partial charge in [0.05, 0.1) is 53.9 Å². The number of nitrogen functional groups attached to an aromatic ring is 1. The number of amides is 1.